The molecule has 0 saturated carbocycles. The van der Waals surface area contributed by atoms with Gasteiger partial charge in [-0.3, -0.25) is 0 Å². The Labute approximate surface area is 190 Å². The van der Waals surface area contributed by atoms with Crippen molar-refractivity contribution in [1.82, 2.24) is 0 Å². The Morgan fingerprint density at radius 3 is 2.12 bits per heavy atom. The molecule has 116 valence electrons. The molecule has 3 aromatic rings. The Morgan fingerprint density at radius 1 is 0.792 bits per heavy atom. The Kier molecular flexibility index (Phi) is 7.48. The van der Waals surface area contributed by atoms with Crippen LogP contribution in [-0.2, 0) is 12.8 Å². The first-order valence-electron chi connectivity index (χ1n) is 7.64. The van der Waals surface area contributed by atoms with Gasteiger partial charge >= 0.3 is 58.2 Å². The first kappa shape index (κ1) is 19.6. The maximum Gasteiger partial charge on any atom is 1.00 e. The van der Waals surface area contributed by atoms with Crippen LogP contribution < -0.4 is 58.2 Å². The Hall–Kier alpha value is -0.675. The van der Waals surface area contributed by atoms with E-state index in [-0.39, 0.29) is 63.8 Å². The van der Waals surface area contributed by atoms with Crippen LogP contribution in [0, 0.1) is 24.6 Å². The van der Waals surface area contributed by atoms with Crippen LogP contribution in [0.2, 0.25) is 0 Å². The average Bonchev–Trinajstić information content (AvgIpc) is 2.58. The molecule has 3 heteroatoms. The van der Waals surface area contributed by atoms with E-state index in [1.54, 1.807) is 36.4 Å². The van der Waals surface area contributed by atoms with Gasteiger partial charge in [-0.05, 0) is 36.5 Å². The van der Waals surface area contributed by atoms with Gasteiger partial charge in [-0.25, -0.2) is 8.78 Å². The summed E-state index contributed by atoms with van der Waals surface area (Å²) in [5, 5.41) is 0. The molecule has 0 aromatic heterocycles. The third-order valence-electron chi connectivity index (χ3n) is 4.00. The maximum atomic E-state index is 14.3. The van der Waals surface area contributed by atoms with Crippen molar-refractivity contribution in [2.75, 3.05) is 0 Å². The molecule has 0 heterocycles. The van der Waals surface area contributed by atoms with E-state index in [9.17, 15) is 8.78 Å². The molecule has 0 aliphatic heterocycles. The first-order valence-corrected chi connectivity index (χ1v) is 7.64. The van der Waals surface area contributed by atoms with E-state index in [2.05, 4.69) is 6.07 Å². The zero-order valence-electron chi connectivity index (χ0n) is 13.9. The summed E-state index contributed by atoms with van der Waals surface area (Å²) >= 11 is 0. The van der Waals surface area contributed by atoms with Crippen molar-refractivity contribution >= 4 is 0 Å². The minimum atomic E-state index is -0.780. The maximum absolute atomic E-state index is 14.3. The summed E-state index contributed by atoms with van der Waals surface area (Å²) in [5.74, 6) is -1.53. The van der Waals surface area contributed by atoms with E-state index in [1.807, 2.05) is 31.2 Å². The van der Waals surface area contributed by atoms with Crippen LogP contribution in [0.25, 0.3) is 11.1 Å². The van der Waals surface area contributed by atoms with Crippen LogP contribution in [0.5, 0.6) is 0 Å². The molecule has 0 aliphatic carbocycles. The summed E-state index contributed by atoms with van der Waals surface area (Å²) in [4.78, 5) is 0. The smallest absolute Gasteiger partial charge is 0.203 e. The monoisotopic (exact) mass is 392 g/mol. The number of halogens is 2. The van der Waals surface area contributed by atoms with Crippen molar-refractivity contribution in [3.05, 3.63) is 95.1 Å². The largest absolute Gasteiger partial charge is 1.00 e. The second-order valence-electron chi connectivity index (χ2n) is 5.67. The SMILES string of the molecule is Cc1ccc(CCc2ccc(-c3cc[c-]cc3)c(F)c2F)cc1.[Rb+]. The van der Waals surface area contributed by atoms with E-state index in [4.69, 9.17) is 0 Å². The van der Waals surface area contributed by atoms with Crippen LogP contribution in [0.15, 0.2) is 60.7 Å². The fraction of sp³-hybridized carbons (Fsp3) is 0.143. The zero-order valence-corrected chi connectivity index (χ0v) is 18.9. The standard InChI is InChI=1S/C21H17F2.Rb/c1-15-7-9-16(10-8-15)11-12-18-13-14-19(21(23)20(18)22)17-5-3-2-4-6-17;/h3-10,13-14H,11-12H2,1H3;/q-1;+1. The third-order valence-corrected chi connectivity index (χ3v) is 4.00. The molecule has 0 saturated heterocycles. The molecule has 0 fully saturated rings. The fourth-order valence-corrected chi connectivity index (χ4v) is 2.61. The molecule has 0 bridgehead atoms. The summed E-state index contributed by atoms with van der Waals surface area (Å²) in [5.41, 5.74) is 3.67. The predicted molar refractivity (Wildman–Crippen MR) is 89.2 cm³/mol. The number of rotatable bonds is 4. The van der Waals surface area contributed by atoms with Gasteiger partial charge in [0.15, 0.2) is 11.6 Å². The number of benzene rings is 3. The van der Waals surface area contributed by atoms with Gasteiger partial charge in [0, 0.05) is 0 Å². The van der Waals surface area contributed by atoms with Gasteiger partial charge in [-0.2, -0.15) is 30.3 Å². The summed E-state index contributed by atoms with van der Waals surface area (Å²) in [6.45, 7) is 2.03. The molecule has 0 aliphatic rings. The molecule has 3 rings (SSSR count). The second kappa shape index (κ2) is 9.14. The third kappa shape index (κ3) is 4.69. The Morgan fingerprint density at radius 2 is 1.46 bits per heavy atom. The summed E-state index contributed by atoms with van der Waals surface area (Å²) in [7, 11) is 0. The second-order valence-corrected chi connectivity index (χ2v) is 5.67. The van der Waals surface area contributed by atoms with Gasteiger partial charge in [-0.1, -0.05) is 42.0 Å². The van der Waals surface area contributed by atoms with Crippen LogP contribution in [0.1, 0.15) is 16.7 Å². The molecular formula is C21H17F2Rb. The van der Waals surface area contributed by atoms with Crippen LogP contribution >= 0.6 is 0 Å². The molecule has 3 aromatic carbocycles. The van der Waals surface area contributed by atoms with Gasteiger partial charge in [-0.15, -0.1) is 5.56 Å². The molecule has 0 amide bonds. The van der Waals surface area contributed by atoms with Gasteiger partial charge in [0.05, 0.1) is 0 Å². The predicted octanol–water partition coefficient (Wildman–Crippen LogP) is 2.53. The van der Waals surface area contributed by atoms with E-state index >= 15 is 0 Å². The minimum Gasteiger partial charge on any atom is -0.203 e. The molecule has 0 atom stereocenters. The molecule has 24 heavy (non-hydrogen) atoms. The van der Waals surface area contributed by atoms with Gasteiger partial charge in [0.25, 0.3) is 0 Å². The van der Waals surface area contributed by atoms with E-state index in [1.165, 1.54) is 5.56 Å². The molecule has 0 N–H and O–H groups in total. The van der Waals surface area contributed by atoms with E-state index in [0.29, 0.717) is 24.0 Å². The molecule has 0 unspecified atom stereocenters. The van der Waals surface area contributed by atoms with Crippen molar-refractivity contribution < 1.29 is 67.0 Å². The minimum absolute atomic E-state index is 0. The average molecular weight is 393 g/mol. The van der Waals surface area contributed by atoms with Gasteiger partial charge in [0.2, 0.25) is 0 Å². The molecular weight excluding hydrogens is 376 g/mol. The quantitative estimate of drug-likeness (QED) is 0.599. The topological polar surface area (TPSA) is 0 Å². The van der Waals surface area contributed by atoms with Crippen molar-refractivity contribution in [2.24, 2.45) is 0 Å². The van der Waals surface area contributed by atoms with Gasteiger partial charge in [0.1, 0.15) is 0 Å². The van der Waals surface area contributed by atoms with Gasteiger partial charge < -0.3 is 0 Å². The van der Waals surface area contributed by atoms with Crippen molar-refractivity contribution in [3.8, 4) is 11.1 Å². The van der Waals surface area contributed by atoms with E-state index < -0.39 is 11.6 Å². The fourth-order valence-electron chi connectivity index (χ4n) is 2.61. The van der Waals surface area contributed by atoms with Crippen molar-refractivity contribution in [2.45, 2.75) is 19.8 Å². The van der Waals surface area contributed by atoms with Crippen LogP contribution in [0.3, 0.4) is 0 Å². The first-order chi connectivity index (χ1) is 11.1. The molecule has 0 nitrogen and oxygen atoms in total. The Balaban J connectivity index is 0.00000208. The number of aryl methyl sites for hydroxylation is 3. The molecule has 0 spiro atoms. The number of hydrogen-bond acceptors (Lipinski definition) is 0. The number of hydrogen-bond donors (Lipinski definition) is 0. The van der Waals surface area contributed by atoms with E-state index in [0.717, 1.165) is 5.56 Å². The van der Waals surface area contributed by atoms with Crippen LogP contribution in [0.4, 0.5) is 8.78 Å². The molecule has 0 radical (unpaired) electrons. The summed E-state index contributed by atoms with van der Waals surface area (Å²) in [6, 6.07) is 21.2. The van der Waals surface area contributed by atoms with Crippen LogP contribution in [-0.4, -0.2) is 0 Å². The Bertz CT molecular complexity index is 796. The summed E-state index contributed by atoms with van der Waals surface area (Å²) < 4.78 is 28.7. The van der Waals surface area contributed by atoms with Crippen molar-refractivity contribution in [3.63, 3.8) is 0 Å². The summed E-state index contributed by atoms with van der Waals surface area (Å²) in [6.07, 6.45) is 1.17. The zero-order chi connectivity index (χ0) is 16.2. The van der Waals surface area contributed by atoms with Crippen molar-refractivity contribution in [1.29, 1.82) is 0 Å². The normalized spacial score (nSPS) is 10.3.